The summed E-state index contributed by atoms with van der Waals surface area (Å²) >= 11 is 0. The Kier molecular flexibility index (Phi) is 3.05. The molecule has 7 heteroatoms. The third kappa shape index (κ3) is 2.51. The van der Waals surface area contributed by atoms with E-state index in [1.54, 1.807) is 13.0 Å². The fourth-order valence-electron chi connectivity index (χ4n) is 1.36. The lowest BCUT2D eigenvalue weighted by molar-refractivity contribution is -0.384. The Morgan fingerprint density at radius 2 is 2.28 bits per heavy atom. The van der Waals surface area contributed by atoms with Crippen LogP contribution in [0.15, 0.2) is 34.9 Å². The summed E-state index contributed by atoms with van der Waals surface area (Å²) in [5, 5.41) is 13.1. The van der Waals surface area contributed by atoms with E-state index in [0.717, 1.165) is 0 Å². The van der Waals surface area contributed by atoms with Crippen molar-refractivity contribution in [3.8, 4) is 0 Å². The summed E-state index contributed by atoms with van der Waals surface area (Å²) in [6, 6.07) is 5.65. The second kappa shape index (κ2) is 4.66. The number of non-ortho nitro benzene ring substituents is 1. The Labute approximate surface area is 102 Å². The van der Waals surface area contributed by atoms with Crippen LogP contribution >= 0.6 is 0 Å². The third-order valence-corrected chi connectivity index (χ3v) is 2.17. The number of aryl methyl sites for hydroxylation is 1. The van der Waals surface area contributed by atoms with E-state index >= 15 is 0 Å². The first kappa shape index (κ1) is 11.8. The molecule has 0 saturated heterocycles. The van der Waals surface area contributed by atoms with Gasteiger partial charge in [0.15, 0.2) is 11.6 Å². The SMILES string of the molecule is Cc1nc(C(=O)Nc2cccc([N+](=O)[O-])c2)co1. The first-order valence-electron chi connectivity index (χ1n) is 5.04. The minimum atomic E-state index is -0.532. The van der Waals surface area contributed by atoms with Crippen LogP contribution in [0.2, 0.25) is 0 Å². The van der Waals surface area contributed by atoms with Crippen molar-refractivity contribution < 1.29 is 14.1 Å². The summed E-state index contributed by atoms with van der Waals surface area (Å²) in [7, 11) is 0. The van der Waals surface area contributed by atoms with E-state index in [-0.39, 0.29) is 11.4 Å². The van der Waals surface area contributed by atoms with Crippen molar-refractivity contribution >= 4 is 17.3 Å². The minimum absolute atomic E-state index is 0.0934. The second-order valence-electron chi connectivity index (χ2n) is 3.51. The van der Waals surface area contributed by atoms with Gasteiger partial charge in [-0.3, -0.25) is 14.9 Å². The normalized spacial score (nSPS) is 10.1. The highest BCUT2D eigenvalue weighted by molar-refractivity contribution is 6.02. The molecule has 0 fully saturated rings. The first-order chi connectivity index (χ1) is 8.56. The standard InChI is InChI=1S/C11H9N3O4/c1-7-12-10(6-18-7)11(15)13-8-3-2-4-9(5-8)14(16)17/h2-6H,1H3,(H,13,15). The lowest BCUT2D eigenvalue weighted by Gasteiger charge is -2.01. The molecule has 2 aromatic rings. The Morgan fingerprint density at radius 3 is 2.89 bits per heavy atom. The molecule has 0 atom stereocenters. The molecule has 0 aliphatic rings. The molecule has 7 nitrogen and oxygen atoms in total. The van der Waals surface area contributed by atoms with Crippen molar-refractivity contribution in [2.75, 3.05) is 5.32 Å². The van der Waals surface area contributed by atoms with Gasteiger partial charge >= 0.3 is 0 Å². The maximum atomic E-state index is 11.7. The van der Waals surface area contributed by atoms with Gasteiger partial charge in [-0.1, -0.05) is 6.07 Å². The van der Waals surface area contributed by atoms with Crippen LogP contribution in [0.5, 0.6) is 0 Å². The first-order valence-corrected chi connectivity index (χ1v) is 5.04. The highest BCUT2D eigenvalue weighted by Crippen LogP contribution is 2.17. The molecule has 0 aliphatic carbocycles. The monoisotopic (exact) mass is 247 g/mol. The number of anilines is 1. The van der Waals surface area contributed by atoms with E-state index < -0.39 is 10.8 Å². The van der Waals surface area contributed by atoms with Crippen LogP contribution < -0.4 is 5.32 Å². The van der Waals surface area contributed by atoms with E-state index in [4.69, 9.17) is 4.42 Å². The number of rotatable bonds is 3. The number of carbonyl (C=O) groups excluding carboxylic acids is 1. The third-order valence-electron chi connectivity index (χ3n) is 2.17. The number of oxazole rings is 1. The number of nitrogens with zero attached hydrogens (tertiary/aromatic N) is 2. The summed E-state index contributed by atoms with van der Waals surface area (Å²) in [6.07, 6.45) is 1.22. The van der Waals surface area contributed by atoms with Crippen molar-refractivity contribution in [2.45, 2.75) is 6.92 Å². The van der Waals surface area contributed by atoms with E-state index in [9.17, 15) is 14.9 Å². The zero-order valence-electron chi connectivity index (χ0n) is 9.41. The molecule has 0 unspecified atom stereocenters. The van der Waals surface area contributed by atoms with Gasteiger partial charge in [-0.15, -0.1) is 0 Å². The summed E-state index contributed by atoms with van der Waals surface area (Å²) < 4.78 is 4.91. The van der Waals surface area contributed by atoms with E-state index in [0.29, 0.717) is 11.6 Å². The molecule has 0 radical (unpaired) electrons. The van der Waals surface area contributed by atoms with Crippen molar-refractivity contribution in [3.63, 3.8) is 0 Å². The molecule has 0 saturated carbocycles. The van der Waals surface area contributed by atoms with Crippen LogP contribution in [0.4, 0.5) is 11.4 Å². The van der Waals surface area contributed by atoms with Gasteiger partial charge in [0, 0.05) is 24.7 Å². The van der Waals surface area contributed by atoms with Gasteiger partial charge in [-0.2, -0.15) is 0 Å². The summed E-state index contributed by atoms with van der Waals surface area (Å²) in [5.41, 5.74) is 0.359. The maximum Gasteiger partial charge on any atom is 0.277 e. The molecule has 0 aliphatic heterocycles. The predicted octanol–water partition coefficient (Wildman–Crippen LogP) is 2.14. The Balaban J connectivity index is 2.16. The Bertz CT molecular complexity index is 606. The maximum absolute atomic E-state index is 11.7. The summed E-state index contributed by atoms with van der Waals surface area (Å²) in [6.45, 7) is 1.62. The van der Waals surface area contributed by atoms with Gasteiger partial charge < -0.3 is 9.73 Å². The van der Waals surface area contributed by atoms with Gasteiger partial charge in [-0.05, 0) is 6.07 Å². The topological polar surface area (TPSA) is 98.3 Å². The number of carbonyl (C=O) groups is 1. The molecule has 1 aromatic heterocycles. The largest absolute Gasteiger partial charge is 0.448 e. The molecule has 1 N–H and O–H groups in total. The number of benzene rings is 1. The highest BCUT2D eigenvalue weighted by atomic mass is 16.6. The van der Waals surface area contributed by atoms with Crippen LogP contribution in [-0.4, -0.2) is 15.8 Å². The summed E-state index contributed by atoms with van der Waals surface area (Å²) in [5.74, 6) is -0.105. The van der Waals surface area contributed by atoms with Crippen molar-refractivity contribution in [3.05, 3.63) is 52.2 Å². The number of hydrogen-bond donors (Lipinski definition) is 1. The number of nitro benzene ring substituents is 1. The average molecular weight is 247 g/mol. The quantitative estimate of drug-likeness (QED) is 0.661. The molecule has 0 spiro atoms. The predicted molar refractivity (Wildman–Crippen MR) is 62.3 cm³/mol. The highest BCUT2D eigenvalue weighted by Gasteiger charge is 2.12. The lowest BCUT2D eigenvalue weighted by atomic mass is 10.2. The zero-order valence-corrected chi connectivity index (χ0v) is 9.41. The lowest BCUT2D eigenvalue weighted by Crippen LogP contribution is -2.12. The van der Waals surface area contributed by atoms with Gasteiger partial charge in [0.1, 0.15) is 6.26 Å². The molecule has 0 bridgehead atoms. The Morgan fingerprint density at radius 1 is 1.50 bits per heavy atom. The fourth-order valence-corrected chi connectivity index (χ4v) is 1.36. The molecule has 18 heavy (non-hydrogen) atoms. The minimum Gasteiger partial charge on any atom is -0.448 e. The van der Waals surface area contributed by atoms with Gasteiger partial charge in [-0.25, -0.2) is 4.98 Å². The van der Waals surface area contributed by atoms with Crippen LogP contribution in [0.25, 0.3) is 0 Å². The molecular weight excluding hydrogens is 238 g/mol. The van der Waals surface area contributed by atoms with Crippen molar-refractivity contribution in [1.82, 2.24) is 4.98 Å². The molecule has 92 valence electrons. The van der Waals surface area contributed by atoms with Crippen molar-refractivity contribution in [1.29, 1.82) is 0 Å². The Hall–Kier alpha value is -2.70. The number of nitrogens with one attached hydrogen (secondary N) is 1. The van der Waals surface area contributed by atoms with Gasteiger partial charge in [0.2, 0.25) is 0 Å². The van der Waals surface area contributed by atoms with E-state index in [2.05, 4.69) is 10.3 Å². The van der Waals surface area contributed by atoms with Gasteiger partial charge in [0.05, 0.1) is 4.92 Å². The van der Waals surface area contributed by atoms with E-state index in [1.165, 1.54) is 24.5 Å². The fraction of sp³-hybridized carbons (Fsp3) is 0.0909. The van der Waals surface area contributed by atoms with Crippen LogP contribution in [0.3, 0.4) is 0 Å². The summed E-state index contributed by atoms with van der Waals surface area (Å²) in [4.78, 5) is 25.6. The molecular formula is C11H9N3O4. The van der Waals surface area contributed by atoms with Crippen molar-refractivity contribution in [2.24, 2.45) is 0 Å². The van der Waals surface area contributed by atoms with E-state index in [1.807, 2.05) is 0 Å². The molecule has 1 aromatic carbocycles. The van der Waals surface area contributed by atoms with Crippen LogP contribution in [0.1, 0.15) is 16.4 Å². The number of nitro groups is 1. The van der Waals surface area contributed by atoms with Crippen LogP contribution in [0, 0.1) is 17.0 Å². The number of aromatic nitrogens is 1. The second-order valence-corrected chi connectivity index (χ2v) is 3.51. The molecule has 2 rings (SSSR count). The molecule has 1 amide bonds. The zero-order chi connectivity index (χ0) is 13.1. The number of hydrogen-bond acceptors (Lipinski definition) is 5. The average Bonchev–Trinajstić information content (AvgIpc) is 2.76. The number of amides is 1. The van der Waals surface area contributed by atoms with Gasteiger partial charge in [0.25, 0.3) is 11.6 Å². The molecule has 1 heterocycles. The van der Waals surface area contributed by atoms with Crippen LogP contribution in [-0.2, 0) is 0 Å². The smallest absolute Gasteiger partial charge is 0.277 e.